The predicted molar refractivity (Wildman–Crippen MR) is 114 cm³/mol. The molecule has 3 rings (SSSR count). The highest BCUT2D eigenvalue weighted by Crippen LogP contribution is 2.10. The molecular weight excluding hydrogens is 388 g/mol. The normalized spacial score (nSPS) is 9.15. The van der Waals surface area contributed by atoms with Crippen molar-refractivity contribution in [3.8, 4) is 11.5 Å². The molecule has 3 aromatic rings. The van der Waals surface area contributed by atoms with E-state index in [-0.39, 0.29) is 0 Å². The molecule has 0 aliphatic heterocycles. The lowest BCUT2D eigenvalue weighted by Crippen LogP contribution is -1.80. The summed E-state index contributed by atoms with van der Waals surface area (Å²) >= 11 is 3.35. The summed E-state index contributed by atoms with van der Waals surface area (Å²) in [6.07, 6.45) is 0. The Morgan fingerprint density at radius 2 is 0.769 bits per heavy atom. The summed E-state index contributed by atoms with van der Waals surface area (Å²) in [7, 11) is 3.34. The Morgan fingerprint density at radius 3 is 1.00 bits per heavy atom. The molecule has 0 unspecified atom stereocenters. The second-order valence-electron chi connectivity index (χ2n) is 5.83. The summed E-state index contributed by atoms with van der Waals surface area (Å²) < 4.78 is 11.1. The molecule has 0 fully saturated rings. The molecule has 0 spiro atoms. The molecule has 0 saturated carbocycles. The number of halogens is 1. The van der Waals surface area contributed by atoms with E-state index in [9.17, 15) is 0 Å². The third-order valence-electron chi connectivity index (χ3n) is 3.52. The van der Waals surface area contributed by atoms with E-state index >= 15 is 0 Å². The van der Waals surface area contributed by atoms with Crippen LogP contribution in [0.25, 0.3) is 0 Å². The molecule has 0 amide bonds. The molecule has 0 aromatic heterocycles. The van der Waals surface area contributed by atoms with Crippen LogP contribution in [0.1, 0.15) is 16.7 Å². The Labute approximate surface area is 165 Å². The van der Waals surface area contributed by atoms with E-state index in [0.717, 1.165) is 16.0 Å². The minimum atomic E-state index is 0.917. The Balaban J connectivity index is 0.000000195. The molecule has 3 aromatic carbocycles. The predicted octanol–water partition coefficient (Wildman–Crippen LogP) is 6.76. The lowest BCUT2D eigenvalue weighted by molar-refractivity contribution is 0.414. The van der Waals surface area contributed by atoms with Crippen LogP contribution in [0.3, 0.4) is 0 Å². The van der Waals surface area contributed by atoms with Gasteiger partial charge in [0.1, 0.15) is 11.5 Å². The molecule has 26 heavy (non-hydrogen) atoms. The zero-order valence-corrected chi connectivity index (χ0v) is 17.7. The Hall–Kier alpha value is -2.26. The molecule has 0 aliphatic carbocycles. The van der Waals surface area contributed by atoms with Crippen molar-refractivity contribution in [3.63, 3.8) is 0 Å². The van der Waals surface area contributed by atoms with Gasteiger partial charge in [0.15, 0.2) is 0 Å². The fourth-order valence-electron chi connectivity index (χ4n) is 1.88. The van der Waals surface area contributed by atoms with Crippen molar-refractivity contribution in [2.24, 2.45) is 0 Å². The van der Waals surface area contributed by atoms with E-state index < -0.39 is 0 Å². The van der Waals surface area contributed by atoms with Gasteiger partial charge in [0, 0.05) is 4.47 Å². The van der Waals surface area contributed by atoms with Crippen LogP contribution in [0.15, 0.2) is 77.3 Å². The quantitative estimate of drug-likeness (QED) is 0.460. The monoisotopic (exact) mass is 414 g/mol. The number of ether oxygens (including phenoxy) is 2. The number of aryl methyl sites for hydroxylation is 3. The first-order valence-corrected chi connectivity index (χ1v) is 9.17. The maximum Gasteiger partial charge on any atom is 0.118 e. The summed E-state index contributed by atoms with van der Waals surface area (Å²) in [5, 5.41) is 0. The SMILES string of the molecule is COc1ccc(C)cc1.COc1ccc(C)cc1.Cc1ccc(Br)cc1. The summed E-state index contributed by atoms with van der Waals surface area (Å²) in [4.78, 5) is 0. The average Bonchev–Trinajstić information content (AvgIpc) is 2.66. The zero-order chi connectivity index (χ0) is 19.4. The third-order valence-corrected chi connectivity index (χ3v) is 4.05. The highest BCUT2D eigenvalue weighted by atomic mass is 79.9. The van der Waals surface area contributed by atoms with Gasteiger partial charge < -0.3 is 9.47 Å². The van der Waals surface area contributed by atoms with E-state index in [0.29, 0.717) is 0 Å². The lowest BCUT2D eigenvalue weighted by Gasteiger charge is -1.97. The number of methoxy groups -OCH3 is 2. The fourth-order valence-corrected chi connectivity index (χ4v) is 2.15. The highest BCUT2D eigenvalue weighted by molar-refractivity contribution is 9.10. The van der Waals surface area contributed by atoms with Crippen LogP contribution in [0.4, 0.5) is 0 Å². The Kier molecular flexibility index (Phi) is 10.2. The van der Waals surface area contributed by atoms with Crippen molar-refractivity contribution < 1.29 is 9.47 Å². The van der Waals surface area contributed by atoms with E-state index in [2.05, 4.69) is 48.8 Å². The number of rotatable bonds is 2. The van der Waals surface area contributed by atoms with Gasteiger partial charge in [0.05, 0.1) is 14.2 Å². The minimum absolute atomic E-state index is 0.917. The van der Waals surface area contributed by atoms with Crippen molar-refractivity contribution in [1.82, 2.24) is 0 Å². The highest BCUT2D eigenvalue weighted by Gasteiger charge is 1.86. The molecule has 3 heteroatoms. The minimum Gasteiger partial charge on any atom is -0.497 e. The first-order chi connectivity index (χ1) is 12.4. The molecule has 2 nitrogen and oxygen atoms in total. The average molecular weight is 415 g/mol. The van der Waals surface area contributed by atoms with Gasteiger partial charge in [-0.15, -0.1) is 0 Å². The second-order valence-corrected chi connectivity index (χ2v) is 6.75. The van der Waals surface area contributed by atoms with Gasteiger partial charge in [-0.05, 0) is 57.2 Å². The van der Waals surface area contributed by atoms with Crippen LogP contribution in [0.5, 0.6) is 11.5 Å². The van der Waals surface area contributed by atoms with Gasteiger partial charge in [-0.2, -0.15) is 0 Å². The van der Waals surface area contributed by atoms with Crippen molar-refractivity contribution in [3.05, 3.63) is 94.0 Å². The largest absolute Gasteiger partial charge is 0.497 e. The van der Waals surface area contributed by atoms with E-state index in [1.165, 1.54) is 16.7 Å². The maximum atomic E-state index is 4.97. The molecule has 0 bridgehead atoms. The maximum absolute atomic E-state index is 4.97. The van der Waals surface area contributed by atoms with Crippen LogP contribution in [-0.4, -0.2) is 14.2 Å². The van der Waals surface area contributed by atoms with Gasteiger partial charge in [-0.1, -0.05) is 69.0 Å². The van der Waals surface area contributed by atoms with Crippen molar-refractivity contribution in [2.75, 3.05) is 14.2 Å². The molecule has 0 radical (unpaired) electrons. The standard InChI is InChI=1S/2C8H10O.C7H7Br/c2*1-7-3-5-8(9-2)6-4-7;1-6-2-4-7(8)5-3-6/h2*3-6H,1-2H3;2-5H,1H3. The topological polar surface area (TPSA) is 18.5 Å². The van der Waals surface area contributed by atoms with Crippen LogP contribution in [-0.2, 0) is 0 Å². The van der Waals surface area contributed by atoms with Crippen LogP contribution < -0.4 is 9.47 Å². The van der Waals surface area contributed by atoms with Gasteiger partial charge in [-0.3, -0.25) is 0 Å². The summed E-state index contributed by atoms with van der Waals surface area (Å²) in [6, 6.07) is 24.1. The third kappa shape index (κ3) is 9.28. The molecule has 0 atom stereocenters. The first kappa shape index (κ1) is 21.8. The fraction of sp³-hybridized carbons (Fsp3) is 0.217. The van der Waals surface area contributed by atoms with Crippen molar-refractivity contribution >= 4 is 15.9 Å². The second kappa shape index (κ2) is 12.2. The zero-order valence-electron chi connectivity index (χ0n) is 16.1. The first-order valence-electron chi connectivity index (χ1n) is 8.38. The Morgan fingerprint density at radius 1 is 0.500 bits per heavy atom. The molecule has 0 heterocycles. The Bertz CT molecular complexity index is 666. The molecule has 0 saturated heterocycles. The van der Waals surface area contributed by atoms with Crippen LogP contribution >= 0.6 is 15.9 Å². The molecule has 0 aliphatic rings. The smallest absolute Gasteiger partial charge is 0.118 e. The lowest BCUT2D eigenvalue weighted by atomic mass is 10.2. The van der Waals surface area contributed by atoms with Gasteiger partial charge in [0.25, 0.3) is 0 Å². The van der Waals surface area contributed by atoms with E-state index in [1.54, 1.807) is 14.2 Å². The van der Waals surface area contributed by atoms with Gasteiger partial charge in [-0.25, -0.2) is 0 Å². The van der Waals surface area contributed by atoms with Crippen molar-refractivity contribution in [2.45, 2.75) is 20.8 Å². The van der Waals surface area contributed by atoms with E-state index in [1.807, 2.05) is 60.7 Å². The molecular formula is C23H27BrO2. The number of benzene rings is 3. The summed E-state index contributed by atoms with van der Waals surface area (Å²) in [5.74, 6) is 1.83. The van der Waals surface area contributed by atoms with Crippen LogP contribution in [0, 0.1) is 20.8 Å². The van der Waals surface area contributed by atoms with Crippen molar-refractivity contribution in [1.29, 1.82) is 0 Å². The number of hydrogen-bond donors (Lipinski definition) is 0. The van der Waals surface area contributed by atoms with Gasteiger partial charge >= 0.3 is 0 Å². The summed E-state index contributed by atoms with van der Waals surface area (Å²) in [6.45, 7) is 6.19. The number of hydrogen-bond acceptors (Lipinski definition) is 2. The summed E-state index contributed by atoms with van der Waals surface area (Å²) in [5.41, 5.74) is 3.82. The van der Waals surface area contributed by atoms with Crippen LogP contribution in [0.2, 0.25) is 0 Å². The molecule has 0 N–H and O–H groups in total. The van der Waals surface area contributed by atoms with E-state index in [4.69, 9.17) is 9.47 Å². The molecule has 138 valence electrons. The van der Waals surface area contributed by atoms with Gasteiger partial charge in [0.2, 0.25) is 0 Å².